The molecule has 0 aliphatic carbocycles. The van der Waals surface area contributed by atoms with Crippen molar-refractivity contribution in [2.45, 2.75) is 27.2 Å². The molecule has 0 unspecified atom stereocenters. The van der Waals surface area contributed by atoms with Gasteiger partial charge in [0.1, 0.15) is 16.5 Å². The summed E-state index contributed by atoms with van der Waals surface area (Å²) in [6, 6.07) is 27.7. The summed E-state index contributed by atoms with van der Waals surface area (Å²) in [5.74, 6) is 2.54. The van der Waals surface area contributed by atoms with Gasteiger partial charge in [0.15, 0.2) is 11.5 Å². The lowest BCUT2D eigenvalue weighted by Crippen LogP contribution is -2.09. The summed E-state index contributed by atoms with van der Waals surface area (Å²) in [6.45, 7) is 6.44. The lowest BCUT2D eigenvalue weighted by molar-refractivity contribution is 0.0923. The van der Waals surface area contributed by atoms with Gasteiger partial charge in [0, 0.05) is 30.0 Å². The van der Waals surface area contributed by atoms with E-state index in [1.807, 2.05) is 86.6 Å². The first-order chi connectivity index (χ1) is 22.3. The number of rotatable bonds is 11. The molecule has 0 saturated carbocycles. The highest BCUT2D eigenvalue weighted by Crippen LogP contribution is 2.36. The Morgan fingerprint density at radius 3 is 2.35 bits per heavy atom. The average molecular weight is 634 g/mol. The Hall–Kier alpha value is -5.15. The number of thiazole rings is 1. The number of nitrogens with zero attached hydrogens (tertiary/aromatic N) is 3. The van der Waals surface area contributed by atoms with E-state index >= 15 is 0 Å². The number of carbonyl (C=O) groups is 1. The molecule has 2 heterocycles. The normalized spacial score (nSPS) is 11.1. The van der Waals surface area contributed by atoms with Crippen molar-refractivity contribution in [1.29, 1.82) is 0 Å². The number of benzene rings is 4. The van der Waals surface area contributed by atoms with Crippen molar-refractivity contribution in [2.24, 2.45) is 0 Å². The highest BCUT2D eigenvalue weighted by Gasteiger charge is 2.18. The fraction of sp³-hybridized carbons (Fsp3) is 0.216. The molecule has 0 aliphatic heterocycles. The van der Waals surface area contributed by atoms with Crippen LogP contribution < -0.4 is 18.9 Å². The van der Waals surface area contributed by atoms with Crippen molar-refractivity contribution >= 4 is 27.5 Å². The molecule has 2 aromatic heterocycles. The van der Waals surface area contributed by atoms with Crippen LogP contribution in [0.5, 0.6) is 23.0 Å². The van der Waals surface area contributed by atoms with E-state index in [4.69, 9.17) is 23.9 Å². The third kappa shape index (κ3) is 6.46. The van der Waals surface area contributed by atoms with Crippen LogP contribution in [0.2, 0.25) is 0 Å². The summed E-state index contributed by atoms with van der Waals surface area (Å²) in [6.07, 6.45) is 0.656. The number of carbonyl (C=O) groups excluding carboxylic acids is 1. The van der Waals surface area contributed by atoms with Crippen LogP contribution in [0.25, 0.3) is 43.3 Å². The number of para-hydroxylation sites is 1. The standard InChI is InChI=1S/C37H35N3O5S/c1-23-18-28(21-34(43-5)24(23)2)31-22-32(40(39-31)25(3)41)26-14-15-33(42-4)35(20-26)45-17-9-16-44-29-11-8-10-27(19-29)37-38-30-12-6-7-13-36(30)46-37/h6-8,10-15,18-22H,9,16-17H2,1-5H3. The highest BCUT2D eigenvalue weighted by atomic mass is 32.1. The summed E-state index contributed by atoms with van der Waals surface area (Å²) >= 11 is 1.67. The summed E-state index contributed by atoms with van der Waals surface area (Å²) in [4.78, 5) is 17.4. The van der Waals surface area contributed by atoms with E-state index in [-0.39, 0.29) is 5.91 Å². The number of fused-ring (bicyclic) bond motifs is 1. The third-order valence-electron chi connectivity index (χ3n) is 7.79. The fourth-order valence-electron chi connectivity index (χ4n) is 5.25. The molecular weight excluding hydrogens is 598 g/mol. The smallest absolute Gasteiger partial charge is 0.244 e. The van der Waals surface area contributed by atoms with Crippen LogP contribution in [0.3, 0.4) is 0 Å². The van der Waals surface area contributed by atoms with Crippen LogP contribution in [0.1, 0.15) is 29.3 Å². The van der Waals surface area contributed by atoms with E-state index in [1.54, 1.807) is 25.6 Å². The largest absolute Gasteiger partial charge is 0.496 e. The molecular formula is C37H35N3O5S. The van der Waals surface area contributed by atoms with Gasteiger partial charge in [0.05, 0.1) is 49.0 Å². The summed E-state index contributed by atoms with van der Waals surface area (Å²) < 4.78 is 25.9. The third-order valence-corrected chi connectivity index (χ3v) is 8.88. The zero-order valence-electron chi connectivity index (χ0n) is 26.5. The Morgan fingerprint density at radius 2 is 1.57 bits per heavy atom. The van der Waals surface area contributed by atoms with Gasteiger partial charge in [0.2, 0.25) is 5.91 Å². The SMILES string of the molecule is COc1ccc(-c2cc(-c3cc(C)c(C)c(OC)c3)nn2C(C)=O)cc1OCCCOc1cccc(-c2nc3ccccc3s2)c1. The molecule has 8 nitrogen and oxygen atoms in total. The molecule has 0 bridgehead atoms. The number of aromatic nitrogens is 3. The number of methoxy groups -OCH3 is 2. The summed E-state index contributed by atoms with van der Waals surface area (Å²) in [5.41, 5.74) is 7.16. The minimum Gasteiger partial charge on any atom is -0.496 e. The second-order valence-electron chi connectivity index (χ2n) is 10.9. The Kier molecular flexibility index (Phi) is 9.03. The van der Waals surface area contributed by atoms with E-state index < -0.39 is 0 Å². The first kappa shape index (κ1) is 30.9. The van der Waals surface area contributed by atoms with Crippen molar-refractivity contribution in [1.82, 2.24) is 14.8 Å². The molecule has 6 aromatic rings. The Balaban J connectivity index is 1.14. The zero-order chi connectivity index (χ0) is 32.2. The molecule has 4 aromatic carbocycles. The van der Waals surface area contributed by atoms with Crippen LogP contribution >= 0.6 is 11.3 Å². The van der Waals surface area contributed by atoms with E-state index in [1.165, 1.54) is 11.6 Å². The minimum absolute atomic E-state index is 0.195. The number of aryl methyl sites for hydroxylation is 1. The van der Waals surface area contributed by atoms with Gasteiger partial charge in [0.25, 0.3) is 0 Å². The molecule has 9 heteroatoms. The predicted octanol–water partition coefficient (Wildman–Crippen LogP) is 8.64. The van der Waals surface area contributed by atoms with Gasteiger partial charge in [-0.3, -0.25) is 4.79 Å². The van der Waals surface area contributed by atoms with E-state index in [0.717, 1.165) is 54.5 Å². The average Bonchev–Trinajstić information content (AvgIpc) is 3.72. The Morgan fingerprint density at radius 1 is 0.783 bits per heavy atom. The lowest BCUT2D eigenvalue weighted by Gasteiger charge is -2.13. The van der Waals surface area contributed by atoms with Crippen molar-refractivity contribution in [3.63, 3.8) is 0 Å². The van der Waals surface area contributed by atoms with Crippen LogP contribution in [-0.4, -0.2) is 48.1 Å². The quantitative estimate of drug-likeness (QED) is 0.132. The molecule has 0 aliphatic rings. The van der Waals surface area contributed by atoms with Crippen molar-refractivity contribution in [2.75, 3.05) is 27.4 Å². The van der Waals surface area contributed by atoms with Crippen LogP contribution in [0.15, 0.2) is 84.9 Å². The molecule has 0 saturated heterocycles. The van der Waals surface area contributed by atoms with Gasteiger partial charge in [-0.2, -0.15) is 9.78 Å². The first-order valence-corrected chi connectivity index (χ1v) is 15.8. The van der Waals surface area contributed by atoms with E-state index in [2.05, 4.69) is 17.2 Å². The molecule has 6 rings (SSSR count). The second kappa shape index (κ2) is 13.5. The number of ether oxygens (including phenoxy) is 4. The molecule has 0 spiro atoms. The minimum atomic E-state index is -0.195. The lowest BCUT2D eigenvalue weighted by atomic mass is 10.0. The molecule has 46 heavy (non-hydrogen) atoms. The molecule has 0 amide bonds. The molecule has 0 radical (unpaired) electrons. The number of hydrogen-bond donors (Lipinski definition) is 0. The van der Waals surface area contributed by atoms with Crippen LogP contribution in [0, 0.1) is 13.8 Å². The summed E-state index contributed by atoms with van der Waals surface area (Å²) in [7, 11) is 3.26. The molecule has 234 valence electrons. The van der Waals surface area contributed by atoms with Gasteiger partial charge in [-0.15, -0.1) is 11.3 Å². The van der Waals surface area contributed by atoms with Gasteiger partial charge in [-0.05, 0) is 85.6 Å². The maximum atomic E-state index is 12.6. The van der Waals surface area contributed by atoms with Crippen LogP contribution in [-0.2, 0) is 0 Å². The molecule has 0 N–H and O–H groups in total. The second-order valence-corrected chi connectivity index (χ2v) is 11.9. The molecule has 0 atom stereocenters. The van der Waals surface area contributed by atoms with Gasteiger partial charge in [-0.1, -0.05) is 24.3 Å². The predicted molar refractivity (Wildman–Crippen MR) is 183 cm³/mol. The van der Waals surface area contributed by atoms with Gasteiger partial charge in [-0.25, -0.2) is 4.98 Å². The van der Waals surface area contributed by atoms with Gasteiger partial charge < -0.3 is 18.9 Å². The van der Waals surface area contributed by atoms with Gasteiger partial charge >= 0.3 is 0 Å². The maximum absolute atomic E-state index is 12.6. The maximum Gasteiger partial charge on any atom is 0.244 e. The van der Waals surface area contributed by atoms with E-state index in [0.29, 0.717) is 42.5 Å². The van der Waals surface area contributed by atoms with Crippen molar-refractivity contribution in [3.05, 3.63) is 96.1 Å². The highest BCUT2D eigenvalue weighted by molar-refractivity contribution is 7.21. The first-order valence-electron chi connectivity index (χ1n) is 15.0. The topological polar surface area (TPSA) is 84.7 Å². The Labute approximate surface area is 272 Å². The Bertz CT molecular complexity index is 2000. The van der Waals surface area contributed by atoms with Crippen molar-refractivity contribution in [3.8, 4) is 56.1 Å². The van der Waals surface area contributed by atoms with E-state index in [9.17, 15) is 4.79 Å². The van der Waals surface area contributed by atoms with Crippen LogP contribution in [0.4, 0.5) is 0 Å². The zero-order valence-corrected chi connectivity index (χ0v) is 27.3. The fourth-order valence-corrected chi connectivity index (χ4v) is 6.21. The summed E-state index contributed by atoms with van der Waals surface area (Å²) in [5, 5.41) is 5.61. The van der Waals surface area contributed by atoms with Crippen molar-refractivity contribution < 1.29 is 23.7 Å². The monoisotopic (exact) mass is 633 g/mol. The molecule has 0 fully saturated rings. The number of hydrogen-bond acceptors (Lipinski definition) is 8.